The van der Waals surface area contributed by atoms with Crippen LogP contribution in [-0.2, 0) is 23.7 Å². The maximum atomic E-state index is 14.4. The van der Waals surface area contributed by atoms with Crippen molar-refractivity contribution in [2.45, 2.75) is 43.3 Å². The van der Waals surface area contributed by atoms with E-state index < -0.39 is 58.0 Å². The molecule has 0 bridgehead atoms. The van der Waals surface area contributed by atoms with Crippen molar-refractivity contribution >= 4 is 23.4 Å². The molecule has 1 aliphatic rings. The Hall–Kier alpha value is -3.62. The number of carbonyl (C=O) groups excluding carboxylic acids is 2. The SMILES string of the molecule is Cn1nc(C(F)(F)C(F)(F)F)c(C(C)(F)F)c1-c1cc(-c2ccc(Cl)c(C(=O)NC3(C(N)=O)CC3)c2)on1. The van der Waals surface area contributed by atoms with Crippen LogP contribution < -0.4 is 11.1 Å². The lowest BCUT2D eigenvalue weighted by Gasteiger charge is -2.21. The lowest BCUT2D eigenvalue weighted by atomic mass is 10.00. The molecule has 0 aliphatic heterocycles. The number of aromatic nitrogens is 3. The molecule has 16 heteroatoms. The molecule has 38 heavy (non-hydrogen) atoms. The zero-order valence-electron chi connectivity index (χ0n) is 19.4. The minimum absolute atomic E-state index is 0.0233. The summed E-state index contributed by atoms with van der Waals surface area (Å²) in [6.45, 7) is 0.146. The molecule has 8 nitrogen and oxygen atoms in total. The number of primary amides is 1. The molecule has 0 atom stereocenters. The quantitative estimate of drug-likeness (QED) is 0.394. The predicted octanol–water partition coefficient (Wildman–Crippen LogP) is 4.91. The van der Waals surface area contributed by atoms with Gasteiger partial charge in [-0.05, 0) is 31.0 Å². The van der Waals surface area contributed by atoms with Gasteiger partial charge in [-0.25, -0.2) is 8.78 Å². The molecule has 204 valence electrons. The molecule has 0 radical (unpaired) electrons. The van der Waals surface area contributed by atoms with E-state index in [2.05, 4.69) is 15.6 Å². The van der Waals surface area contributed by atoms with E-state index in [-0.39, 0.29) is 28.8 Å². The van der Waals surface area contributed by atoms with E-state index in [1.807, 2.05) is 0 Å². The molecule has 0 saturated heterocycles. The summed E-state index contributed by atoms with van der Waals surface area (Å²) in [5.74, 6) is -11.5. The summed E-state index contributed by atoms with van der Waals surface area (Å²) in [7, 11) is 0.895. The van der Waals surface area contributed by atoms with Crippen LogP contribution in [0.25, 0.3) is 22.7 Å². The molecule has 4 rings (SSSR count). The molecular formula is C22H17ClF7N5O3. The van der Waals surface area contributed by atoms with Crippen LogP contribution in [0.2, 0.25) is 5.02 Å². The Kier molecular flexibility index (Phi) is 6.29. The van der Waals surface area contributed by atoms with Crippen molar-refractivity contribution in [3.63, 3.8) is 0 Å². The van der Waals surface area contributed by atoms with Gasteiger partial charge < -0.3 is 15.6 Å². The predicted molar refractivity (Wildman–Crippen MR) is 117 cm³/mol. The average molecular weight is 568 g/mol. The van der Waals surface area contributed by atoms with Gasteiger partial charge >= 0.3 is 12.1 Å². The number of hydrogen-bond donors (Lipinski definition) is 2. The number of nitrogens with two attached hydrogens (primary N) is 1. The second-order valence-corrected chi connectivity index (χ2v) is 9.24. The van der Waals surface area contributed by atoms with E-state index in [1.165, 1.54) is 18.2 Å². The average Bonchev–Trinajstić information content (AvgIpc) is 3.24. The number of alkyl halides is 7. The summed E-state index contributed by atoms with van der Waals surface area (Å²) in [5, 5.41) is 9.08. The monoisotopic (exact) mass is 567 g/mol. The van der Waals surface area contributed by atoms with Crippen LogP contribution in [0.4, 0.5) is 30.7 Å². The summed E-state index contributed by atoms with van der Waals surface area (Å²) >= 11 is 6.10. The third-order valence-electron chi connectivity index (χ3n) is 5.96. The molecular weight excluding hydrogens is 551 g/mol. The molecule has 2 heterocycles. The minimum atomic E-state index is -6.19. The number of hydrogen-bond acceptors (Lipinski definition) is 5. The van der Waals surface area contributed by atoms with Crippen LogP contribution in [-0.4, -0.2) is 38.5 Å². The maximum Gasteiger partial charge on any atom is 0.459 e. The van der Waals surface area contributed by atoms with Crippen molar-refractivity contribution < 1.29 is 44.8 Å². The highest BCUT2D eigenvalue weighted by atomic mass is 35.5. The number of amides is 2. The molecule has 3 aromatic rings. The van der Waals surface area contributed by atoms with Gasteiger partial charge in [-0.3, -0.25) is 14.3 Å². The van der Waals surface area contributed by atoms with Gasteiger partial charge in [0.05, 0.1) is 21.8 Å². The fourth-order valence-corrected chi connectivity index (χ4v) is 4.01. The van der Waals surface area contributed by atoms with Crippen LogP contribution >= 0.6 is 11.6 Å². The Morgan fingerprint density at radius 3 is 2.29 bits per heavy atom. The van der Waals surface area contributed by atoms with Gasteiger partial charge in [0.1, 0.15) is 11.2 Å². The number of nitrogens with one attached hydrogen (secondary N) is 1. The number of halogens is 8. The first-order chi connectivity index (χ1) is 17.4. The summed E-state index contributed by atoms with van der Waals surface area (Å²) in [6.07, 6.45) is -5.52. The van der Waals surface area contributed by atoms with Gasteiger partial charge in [0.15, 0.2) is 11.5 Å². The fourth-order valence-electron chi connectivity index (χ4n) is 3.81. The van der Waals surface area contributed by atoms with Crippen LogP contribution in [0.3, 0.4) is 0 Å². The van der Waals surface area contributed by atoms with Gasteiger partial charge in [-0.2, -0.15) is 27.1 Å². The highest BCUT2D eigenvalue weighted by Crippen LogP contribution is 2.49. The Morgan fingerprint density at radius 1 is 1.13 bits per heavy atom. The number of carbonyl (C=O) groups is 2. The standard InChI is InChI=1S/C22H17ClF7N5O3/c1-19(24,25)14-15(35(2)33-16(14)21(26,27)22(28,29)30)12-8-13(38-34-12)9-3-4-11(23)10(7-9)17(36)32-20(5-6-20)18(31)37/h3-4,7-8H,5-6H2,1-2H3,(H2,31,37)(H,32,36). The topological polar surface area (TPSA) is 116 Å². The van der Waals surface area contributed by atoms with Crippen LogP contribution in [0.15, 0.2) is 28.8 Å². The van der Waals surface area contributed by atoms with Gasteiger partial charge in [0.25, 0.3) is 11.8 Å². The molecule has 1 saturated carbocycles. The van der Waals surface area contributed by atoms with Gasteiger partial charge in [0.2, 0.25) is 5.91 Å². The normalized spacial score (nSPS) is 15.4. The summed E-state index contributed by atoms with van der Waals surface area (Å²) in [5.41, 5.74) is -1.10. The molecule has 1 fully saturated rings. The largest absolute Gasteiger partial charge is 0.459 e. The third kappa shape index (κ3) is 4.59. The minimum Gasteiger partial charge on any atom is -0.368 e. The second kappa shape index (κ2) is 8.71. The van der Waals surface area contributed by atoms with E-state index in [9.17, 15) is 40.3 Å². The number of nitrogens with zero attached hydrogens (tertiary/aromatic N) is 3. The number of rotatable bonds is 7. The van der Waals surface area contributed by atoms with Gasteiger partial charge in [-0.1, -0.05) is 16.8 Å². The van der Waals surface area contributed by atoms with E-state index in [4.69, 9.17) is 21.9 Å². The fraction of sp³-hybridized carbons (Fsp3) is 0.364. The van der Waals surface area contributed by atoms with Crippen molar-refractivity contribution in [2.75, 3.05) is 0 Å². The summed E-state index contributed by atoms with van der Waals surface area (Å²) in [4.78, 5) is 24.3. The van der Waals surface area contributed by atoms with Crippen molar-refractivity contribution in [2.24, 2.45) is 12.8 Å². The summed E-state index contributed by atoms with van der Waals surface area (Å²) in [6, 6.07) is 4.86. The Balaban J connectivity index is 1.76. The van der Waals surface area contributed by atoms with Gasteiger partial charge in [0, 0.05) is 25.6 Å². The van der Waals surface area contributed by atoms with E-state index in [0.717, 1.165) is 13.1 Å². The van der Waals surface area contributed by atoms with Crippen LogP contribution in [0, 0.1) is 0 Å². The molecule has 1 aromatic carbocycles. The molecule has 3 N–H and O–H groups in total. The lowest BCUT2D eigenvalue weighted by molar-refractivity contribution is -0.291. The second-order valence-electron chi connectivity index (χ2n) is 8.83. The Labute approximate surface area is 213 Å². The van der Waals surface area contributed by atoms with Crippen molar-refractivity contribution in [3.05, 3.63) is 46.1 Å². The zero-order valence-corrected chi connectivity index (χ0v) is 20.1. The van der Waals surface area contributed by atoms with Crippen molar-refractivity contribution in [1.29, 1.82) is 0 Å². The lowest BCUT2D eigenvalue weighted by Crippen LogP contribution is -2.46. The third-order valence-corrected chi connectivity index (χ3v) is 6.29. The molecule has 0 unspecified atom stereocenters. The molecule has 2 amide bonds. The molecule has 2 aromatic heterocycles. The highest BCUT2D eigenvalue weighted by Gasteiger charge is 2.63. The van der Waals surface area contributed by atoms with E-state index in [1.54, 1.807) is 0 Å². The zero-order chi connectivity index (χ0) is 28.4. The summed E-state index contributed by atoms with van der Waals surface area (Å²) < 4.78 is 102. The first-order valence-electron chi connectivity index (χ1n) is 10.7. The first-order valence-corrected chi connectivity index (χ1v) is 11.1. The first kappa shape index (κ1) is 27.4. The number of aryl methyl sites for hydroxylation is 1. The molecule has 0 spiro atoms. The van der Waals surface area contributed by atoms with Crippen molar-refractivity contribution in [3.8, 4) is 22.7 Å². The smallest absolute Gasteiger partial charge is 0.368 e. The van der Waals surface area contributed by atoms with E-state index in [0.29, 0.717) is 17.5 Å². The number of benzene rings is 1. The van der Waals surface area contributed by atoms with Crippen LogP contribution in [0.5, 0.6) is 0 Å². The van der Waals surface area contributed by atoms with Crippen LogP contribution in [0.1, 0.15) is 41.4 Å². The maximum absolute atomic E-state index is 14.4. The van der Waals surface area contributed by atoms with E-state index >= 15 is 0 Å². The van der Waals surface area contributed by atoms with Gasteiger partial charge in [-0.15, -0.1) is 0 Å². The Morgan fingerprint density at radius 2 is 1.76 bits per heavy atom. The molecule has 1 aliphatic carbocycles. The van der Waals surface area contributed by atoms with Crippen molar-refractivity contribution in [1.82, 2.24) is 20.3 Å². The Bertz CT molecular complexity index is 1440. The highest BCUT2D eigenvalue weighted by molar-refractivity contribution is 6.34.